The summed E-state index contributed by atoms with van der Waals surface area (Å²) in [7, 11) is 1.58. The molecule has 1 aliphatic rings. The minimum atomic E-state index is -0.180. The van der Waals surface area contributed by atoms with Crippen LogP contribution in [0.1, 0.15) is 30.6 Å². The Bertz CT molecular complexity index is 632. The molecule has 4 nitrogen and oxygen atoms in total. The van der Waals surface area contributed by atoms with E-state index in [1.165, 1.54) is 6.07 Å². The summed E-state index contributed by atoms with van der Waals surface area (Å²) in [4.78, 5) is 2.34. The van der Waals surface area contributed by atoms with Crippen molar-refractivity contribution in [3.05, 3.63) is 53.5 Å². The van der Waals surface area contributed by atoms with Crippen molar-refractivity contribution in [3.63, 3.8) is 0 Å². The first kappa shape index (κ1) is 14.9. The molecule has 0 bridgehead atoms. The zero-order valence-electron chi connectivity index (χ0n) is 12.9. The molecule has 3 rings (SSSR count). The first-order valence-electron chi connectivity index (χ1n) is 7.53. The molecule has 1 saturated heterocycles. The summed E-state index contributed by atoms with van der Waals surface area (Å²) in [6.07, 6.45) is 1.10. The number of methoxy groups -OCH3 is 1. The highest BCUT2D eigenvalue weighted by Crippen LogP contribution is 2.37. The fraction of sp³-hybridized carbons (Fsp3) is 0.412. The van der Waals surface area contributed by atoms with E-state index in [1.807, 2.05) is 18.2 Å². The molecule has 0 aliphatic carbocycles. The van der Waals surface area contributed by atoms with E-state index >= 15 is 0 Å². The topological polar surface area (TPSA) is 38.2 Å². The van der Waals surface area contributed by atoms with Gasteiger partial charge in [0.15, 0.2) is 0 Å². The van der Waals surface area contributed by atoms with Crippen LogP contribution in [0.25, 0.3) is 0 Å². The van der Waals surface area contributed by atoms with E-state index in [4.69, 9.17) is 4.74 Å². The molecule has 22 heavy (non-hydrogen) atoms. The van der Waals surface area contributed by atoms with Crippen LogP contribution in [-0.4, -0.2) is 28.8 Å². The van der Waals surface area contributed by atoms with Gasteiger partial charge in [0.2, 0.25) is 5.88 Å². The van der Waals surface area contributed by atoms with Crippen molar-refractivity contribution in [1.29, 1.82) is 0 Å². The zero-order valence-corrected chi connectivity index (χ0v) is 12.9. The average Bonchev–Trinajstić information content (AvgIpc) is 2.89. The molecular formula is C17H20FN3O. The fourth-order valence-electron chi connectivity index (χ4n) is 3.18. The summed E-state index contributed by atoms with van der Waals surface area (Å²) in [5, 5.41) is 8.20. The van der Waals surface area contributed by atoms with Gasteiger partial charge in [-0.15, -0.1) is 5.10 Å². The molecule has 1 aliphatic heterocycles. The lowest BCUT2D eigenvalue weighted by Crippen LogP contribution is -2.25. The van der Waals surface area contributed by atoms with E-state index < -0.39 is 0 Å². The third-order valence-corrected chi connectivity index (χ3v) is 4.26. The second kappa shape index (κ2) is 6.40. The molecule has 5 heteroatoms. The van der Waals surface area contributed by atoms with Gasteiger partial charge in [0, 0.05) is 18.7 Å². The minimum absolute atomic E-state index is 0.180. The maximum atomic E-state index is 13.5. The Morgan fingerprint density at radius 2 is 2.14 bits per heavy atom. The van der Waals surface area contributed by atoms with Gasteiger partial charge in [-0.2, -0.15) is 5.10 Å². The second-order valence-electron chi connectivity index (χ2n) is 5.80. The standard InChI is InChI=1S/C17H20FN3O/c1-12-8-9-21(11-15-6-7-16(22-2)20-19-15)17(12)13-4-3-5-14(18)10-13/h3-7,10,12,17H,8-9,11H2,1-2H3. The van der Waals surface area contributed by atoms with Gasteiger partial charge in [-0.25, -0.2) is 4.39 Å². The van der Waals surface area contributed by atoms with Crippen LogP contribution >= 0.6 is 0 Å². The summed E-state index contributed by atoms with van der Waals surface area (Å²) in [6.45, 7) is 3.91. The van der Waals surface area contributed by atoms with E-state index in [9.17, 15) is 4.39 Å². The SMILES string of the molecule is COc1ccc(CN2CCC(C)C2c2cccc(F)c2)nn1. The Labute approximate surface area is 129 Å². The minimum Gasteiger partial charge on any atom is -0.480 e. The van der Waals surface area contributed by atoms with Crippen molar-refractivity contribution in [2.45, 2.75) is 25.9 Å². The Morgan fingerprint density at radius 1 is 1.27 bits per heavy atom. The smallest absolute Gasteiger partial charge is 0.233 e. The van der Waals surface area contributed by atoms with Crippen LogP contribution in [0.15, 0.2) is 36.4 Å². The third-order valence-electron chi connectivity index (χ3n) is 4.26. The number of aromatic nitrogens is 2. The van der Waals surface area contributed by atoms with Crippen molar-refractivity contribution < 1.29 is 9.13 Å². The molecule has 2 aromatic rings. The number of likely N-dealkylation sites (tertiary alicyclic amines) is 1. The van der Waals surface area contributed by atoms with E-state index in [1.54, 1.807) is 19.2 Å². The van der Waals surface area contributed by atoms with E-state index in [2.05, 4.69) is 22.0 Å². The van der Waals surface area contributed by atoms with E-state index in [-0.39, 0.29) is 11.9 Å². The van der Waals surface area contributed by atoms with Crippen LogP contribution in [0.2, 0.25) is 0 Å². The average molecular weight is 301 g/mol. The molecule has 0 amide bonds. The van der Waals surface area contributed by atoms with Gasteiger partial charge in [-0.1, -0.05) is 19.1 Å². The van der Waals surface area contributed by atoms with Gasteiger partial charge in [-0.05, 0) is 42.6 Å². The zero-order chi connectivity index (χ0) is 15.5. The van der Waals surface area contributed by atoms with Crippen LogP contribution in [0.4, 0.5) is 4.39 Å². The lowest BCUT2D eigenvalue weighted by Gasteiger charge is -2.27. The third kappa shape index (κ3) is 3.09. The highest BCUT2D eigenvalue weighted by molar-refractivity contribution is 5.22. The molecule has 0 N–H and O–H groups in total. The quantitative estimate of drug-likeness (QED) is 0.869. The van der Waals surface area contributed by atoms with Crippen LogP contribution < -0.4 is 4.74 Å². The molecule has 1 fully saturated rings. The lowest BCUT2D eigenvalue weighted by atomic mass is 9.95. The number of benzene rings is 1. The van der Waals surface area contributed by atoms with Gasteiger partial charge in [0.1, 0.15) is 5.82 Å². The van der Waals surface area contributed by atoms with Crippen LogP contribution in [0, 0.1) is 11.7 Å². The first-order chi connectivity index (χ1) is 10.7. The Morgan fingerprint density at radius 3 is 2.82 bits per heavy atom. The van der Waals surface area contributed by atoms with Gasteiger partial charge >= 0.3 is 0 Å². The van der Waals surface area contributed by atoms with E-state index in [0.29, 0.717) is 18.3 Å². The Hall–Kier alpha value is -2.01. The first-order valence-corrected chi connectivity index (χ1v) is 7.53. The Balaban J connectivity index is 1.79. The summed E-state index contributed by atoms with van der Waals surface area (Å²) < 4.78 is 18.6. The predicted octanol–water partition coefficient (Wildman–Crippen LogP) is 3.21. The maximum absolute atomic E-state index is 13.5. The summed E-state index contributed by atoms with van der Waals surface area (Å²) >= 11 is 0. The van der Waals surface area contributed by atoms with Crippen molar-refractivity contribution in [2.75, 3.05) is 13.7 Å². The highest BCUT2D eigenvalue weighted by atomic mass is 19.1. The highest BCUT2D eigenvalue weighted by Gasteiger charge is 2.32. The molecule has 0 spiro atoms. The summed E-state index contributed by atoms with van der Waals surface area (Å²) in [5.41, 5.74) is 1.93. The normalized spacial score (nSPS) is 22.0. The van der Waals surface area contributed by atoms with Gasteiger partial charge in [-0.3, -0.25) is 4.90 Å². The molecule has 1 aromatic heterocycles. The van der Waals surface area contributed by atoms with Crippen molar-refractivity contribution >= 4 is 0 Å². The summed E-state index contributed by atoms with van der Waals surface area (Å²) in [6, 6.07) is 10.9. The largest absolute Gasteiger partial charge is 0.480 e. The second-order valence-corrected chi connectivity index (χ2v) is 5.80. The van der Waals surface area contributed by atoms with Crippen molar-refractivity contribution in [2.24, 2.45) is 5.92 Å². The van der Waals surface area contributed by atoms with Crippen LogP contribution in [0.3, 0.4) is 0 Å². The number of nitrogens with zero attached hydrogens (tertiary/aromatic N) is 3. The monoisotopic (exact) mass is 301 g/mol. The molecule has 0 radical (unpaired) electrons. The number of hydrogen-bond acceptors (Lipinski definition) is 4. The van der Waals surface area contributed by atoms with Gasteiger partial charge in [0.25, 0.3) is 0 Å². The number of rotatable bonds is 4. The lowest BCUT2D eigenvalue weighted by molar-refractivity contribution is 0.221. The molecule has 1 aromatic carbocycles. The molecule has 2 atom stereocenters. The van der Waals surface area contributed by atoms with Crippen molar-refractivity contribution in [3.8, 4) is 5.88 Å². The molecular weight excluding hydrogens is 281 g/mol. The molecule has 2 heterocycles. The molecule has 116 valence electrons. The van der Waals surface area contributed by atoms with Gasteiger partial charge in [0.05, 0.1) is 12.8 Å². The van der Waals surface area contributed by atoms with Crippen molar-refractivity contribution in [1.82, 2.24) is 15.1 Å². The molecule has 0 saturated carbocycles. The number of halogens is 1. The maximum Gasteiger partial charge on any atom is 0.233 e. The van der Waals surface area contributed by atoms with Crippen LogP contribution in [0.5, 0.6) is 5.88 Å². The number of hydrogen-bond donors (Lipinski definition) is 0. The predicted molar refractivity (Wildman–Crippen MR) is 81.9 cm³/mol. The fourth-order valence-corrected chi connectivity index (χ4v) is 3.18. The Kier molecular flexibility index (Phi) is 4.34. The van der Waals surface area contributed by atoms with Gasteiger partial charge < -0.3 is 4.74 Å². The van der Waals surface area contributed by atoms with E-state index in [0.717, 1.165) is 24.2 Å². The molecule has 2 unspecified atom stereocenters. The number of ether oxygens (including phenoxy) is 1. The van der Waals surface area contributed by atoms with Crippen LogP contribution in [-0.2, 0) is 6.54 Å². The summed E-state index contributed by atoms with van der Waals surface area (Å²) in [5.74, 6) is 0.828.